The highest BCUT2D eigenvalue weighted by Gasteiger charge is 2.45. The first-order chi connectivity index (χ1) is 19.4. The predicted octanol–water partition coefficient (Wildman–Crippen LogP) is 7.68. The highest BCUT2D eigenvalue weighted by Crippen LogP contribution is 2.46. The fourth-order valence-electron chi connectivity index (χ4n) is 5.06. The summed E-state index contributed by atoms with van der Waals surface area (Å²) in [7, 11) is -4.20. The van der Waals surface area contributed by atoms with Gasteiger partial charge in [0.05, 0.1) is 23.0 Å². The Hall–Kier alpha value is -2.49. The third-order valence-corrected chi connectivity index (χ3v) is 9.84. The van der Waals surface area contributed by atoms with Crippen LogP contribution in [0, 0.1) is 5.92 Å². The molecule has 1 aliphatic rings. The van der Waals surface area contributed by atoms with Gasteiger partial charge in [-0.25, -0.2) is 8.42 Å². The number of halogens is 3. The van der Waals surface area contributed by atoms with Crippen LogP contribution in [0.2, 0.25) is 10.0 Å². The molecule has 4 rings (SSSR count). The van der Waals surface area contributed by atoms with Crippen LogP contribution in [0.4, 0.5) is 0 Å². The normalized spacial score (nSPS) is 18.6. The van der Waals surface area contributed by atoms with Gasteiger partial charge in [0.15, 0.2) is 5.78 Å². The van der Waals surface area contributed by atoms with Crippen LogP contribution in [0.5, 0.6) is 0 Å². The second-order valence-corrected chi connectivity index (χ2v) is 14.1. The number of nitrogens with zero attached hydrogens (tertiary/aromatic N) is 1. The Kier molecular flexibility index (Phi) is 10.1. The van der Waals surface area contributed by atoms with E-state index in [1.54, 1.807) is 30.3 Å². The van der Waals surface area contributed by atoms with Crippen molar-refractivity contribution in [3.05, 3.63) is 110 Å². The van der Waals surface area contributed by atoms with Crippen LogP contribution in [0.3, 0.4) is 0 Å². The van der Waals surface area contributed by atoms with Gasteiger partial charge >= 0.3 is 0 Å². The van der Waals surface area contributed by atoms with Crippen molar-refractivity contribution < 1.29 is 18.0 Å². The van der Waals surface area contributed by atoms with E-state index in [0.29, 0.717) is 22.0 Å². The standard InChI is InChI=1S/C31H31BrCl2N2O4S/c1-19(2)16-28(20(3)37)35-31(38)27-14-15-29(21-6-4-8-23(32)17-21)36(30(27)22-7-5-9-25(34)18-22)41(39,40)26-12-10-24(33)11-13-26/h4-14,17-19,28-30H,15-16H2,1-3H3,(H,35,38)/t28-,29?,30-/m0/s1. The topological polar surface area (TPSA) is 83.6 Å². The van der Waals surface area contributed by atoms with Crippen LogP contribution in [0.15, 0.2) is 93.8 Å². The molecule has 0 aromatic heterocycles. The molecular formula is C31H31BrCl2N2O4S. The molecule has 41 heavy (non-hydrogen) atoms. The zero-order valence-corrected chi connectivity index (χ0v) is 26.8. The fourth-order valence-corrected chi connectivity index (χ4v) is 7.58. The molecule has 10 heteroatoms. The van der Waals surface area contributed by atoms with E-state index >= 15 is 0 Å². The summed E-state index contributed by atoms with van der Waals surface area (Å²) in [6, 6.07) is 17.9. The maximum atomic E-state index is 14.5. The summed E-state index contributed by atoms with van der Waals surface area (Å²) in [4.78, 5) is 26.4. The van der Waals surface area contributed by atoms with Crippen LogP contribution in [-0.2, 0) is 19.6 Å². The Labute approximate surface area is 259 Å². The maximum Gasteiger partial charge on any atom is 0.249 e. The molecule has 1 amide bonds. The van der Waals surface area contributed by atoms with Gasteiger partial charge in [0.2, 0.25) is 15.9 Å². The van der Waals surface area contributed by atoms with Gasteiger partial charge in [0.25, 0.3) is 0 Å². The third-order valence-electron chi connectivity index (χ3n) is 6.97. The summed E-state index contributed by atoms with van der Waals surface area (Å²) in [6.45, 7) is 5.39. The van der Waals surface area contributed by atoms with Crippen molar-refractivity contribution in [3.63, 3.8) is 0 Å². The quantitative estimate of drug-likeness (QED) is 0.252. The van der Waals surface area contributed by atoms with E-state index in [0.717, 1.165) is 10.0 Å². The number of rotatable bonds is 9. The Morgan fingerprint density at radius 2 is 1.63 bits per heavy atom. The van der Waals surface area contributed by atoms with Gasteiger partial charge in [0, 0.05) is 20.1 Å². The van der Waals surface area contributed by atoms with Crippen LogP contribution < -0.4 is 5.32 Å². The second kappa shape index (κ2) is 13.2. The van der Waals surface area contributed by atoms with Crippen molar-refractivity contribution in [1.29, 1.82) is 0 Å². The molecule has 6 nitrogen and oxygen atoms in total. The van der Waals surface area contributed by atoms with E-state index in [1.807, 2.05) is 38.1 Å². The lowest BCUT2D eigenvalue weighted by Gasteiger charge is -2.41. The molecule has 3 aromatic rings. The lowest BCUT2D eigenvalue weighted by atomic mass is 9.88. The Morgan fingerprint density at radius 1 is 0.976 bits per heavy atom. The van der Waals surface area contributed by atoms with Gasteiger partial charge < -0.3 is 5.32 Å². The van der Waals surface area contributed by atoms with Crippen LogP contribution >= 0.6 is 39.1 Å². The first kappa shape index (κ1) is 31.4. The minimum Gasteiger partial charge on any atom is -0.342 e. The molecule has 0 radical (unpaired) electrons. The van der Waals surface area contributed by atoms with Gasteiger partial charge in [-0.05, 0) is 85.3 Å². The number of nitrogens with one attached hydrogen (secondary N) is 1. The van der Waals surface area contributed by atoms with Crippen LogP contribution in [-0.4, -0.2) is 30.5 Å². The smallest absolute Gasteiger partial charge is 0.249 e. The average Bonchev–Trinajstić information content (AvgIpc) is 2.91. The molecule has 0 fully saturated rings. The number of amides is 1. The SMILES string of the molecule is CC(=O)[C@H](CC(C)C)NC(=O)C1=CCC(c2cccc(Br)c2)N(S(=O)(=O)c2ccc(Cl)cc2)[C@H]1c1cccc(Cl)c1. The molecule has 3 atom stereocenters. The molecule has 0 saturated carbocycles. The third kappa shape index (κ3) is 7.30. The summed E-state index contributed by atoms with van der Waals surface area (Å²) in [5, 5.41) is 3.68. The van der Waals surface area contributed by atoms with Gasteiger partial charge in [-0.1, -0.05) is 83.3 Å². The fraction of sp³-hybridized carbons (Fsp3) is 0.290. The monoisotopic (exact) mass is 676 g/mol. The molecule has 1 N–H and O–H groups in total. The number of hydrogen-bond acceptors (Lipinski definition) is 4. The van der Waals surface area contributed by atoms with Crippen molar-refractivity contribution in [2.75, 3.05) is 0 Å². The average molecular weight is 678 g/mol. The molecule has 1 heterocycles. The maximum absolute atomic E-state index is 14.5. The van der Waals surface area contributed by atoms with Crippen molar-refractivity contribution in [3.8, 4) is 0 Å². The first-order valence-corrected chi connectivity index (χ1v) is 16.2. The molecule has 0 bridgehead atoms. The lowest BCUT2D eigenvalue weighted by Crippen LogP contribution is -2.47. The van der Waals surface area contributed by atoms with E-state index < -0.39 is 34.1 Å². The second-order valence-electron chi connectivity index (χ2n) is 10.5. The van der Waals surface area contributed by atoms with E-state index in [1.165, 1.54) is 35.5 Å². The molecule has 1 unspecified atom stereocenters. The highest BCUT2D eigenvalue weighted by molar-refractivity contribution is 9.10. The summed E-state index contributed by atoms with van der Waals surface area (Å²) in [5.41, 5.74) is 1.51. The molecule has 216 valence electrons. The van der Waals surface area contributed by atoms with E-state index in [-0.39, 0.29) is 28.6 Å². The predicted molar refractivity (Wildman–Crippen MR) is 166 cm³/mol. The number of Topliss-reactive ketones (excluding diaryl/α,β-unsaturated/α-hetero) is 1. The Balaban J connectivity index is 1.93. The van der Waals surface area contributed by atoms with Gasteiger partial charge in [-0.2, -0.15) is 4.31 Å². The summed E-state index contributed by atoms with van der Waals surface area (Å²) < 4.78 is 31.2. The number of carbonyl (C=O) groups is 2. The highest BCUT2D eigenvalue weighted by atomic mass is 79.9. The first-order valence-electron chi connectivity index (χ1n) is 13.2. The number of sulfonamides is 1. The number of ketones is 1. The van der Waals surface area contributed by atoms with Crippen molar-refractivity contribution in [2.24, 2.45) is 5.92 Å². The Morgan fingerprint density at radius 3 is 2.24 bits per heavy atom. The summed E-state index contributed by atoms with van der Waals surface area (Å²) in [5.74, 6) is -0.504. The van der Waals surface area contributed by atoms with Crippen LogP contribution in [0.25, 0.3) is 0 Å². The van der Waals surface area contributed by atoms with E-state index in [4.69, 9.17) is 23.2 Å². The minimum absolute atomic E-state index is 0.0389. The van der Waals surface area contributed by atoms with Gasteiger partial charge in [-0.15, -0.1) is 0 Å². The minimum atomic E-state index is -4.20. The zero-order valence-electron chi connectivity index (χ0n) is 22.9. The molecule has 0 aliphatic carbocycles. The lowest BCUT2D eigenvalue weighted by molar-refractivity contribution is -0.125. The molecule has 1 aliphatic heterocycles. The molecule has 0 saturated heterocycles. The molecular weight excluding hydrogens is 647 g/mol. The van der Waals surface area contributed by atoms with E-state index in [2.05, 4.69) is 21.2 Å². The molecule has 3 aromatic carbocycles. The molecule has 0 spiro atoms. The van der Waals surface area contributed by atoms with E-state index in [9.17, 15) is 18.0 Å². The Bertz CT molecular complexity index is 1570. The van der Waals surface area contributed by atoms with Gasteiger partial charge in [-0.3, -0.25) is 9.59 Å². The number of hydrogen-bond donors (Lipinski definition) is 1. The largest absolute Gasteiger partial charge is 0.342 e. The zero-order chi connectivity index (χ0) is 29.9. The van der Waals surface area contributed by atoms with Crippen molar-refractivity contribution in [2.45, 2.75) is 56.6 Å². The summed E-state index contributed by atoms with van der Waals surface area (Å²) >= 11 is 16.0. The number of benzene rings is 3. The number of carbonyl (C=O) groups excluding carboxylic acids is 2. The van der Waals surface area contributed by atoms with Crippen molar-refractivity contribution in [1.82, 2.24) is 9.62 Å². The summed E-state index contributed by atoms with van der Waals surface area (Å²) in [6.07, 6.45) is 2.47. The van der Waals surface area contributed by atoms with Gasteiger partial charge in [0.1, 0.15) is 0 Å². The van der Waals surface area contributed by atoms with Crippen molar-refractivity contribution >= 4 is 60.8 Å². The van der Waals surface area contributed by atoms with Crippen LogP contribution in [0.1, 0.15) is 56.8 Å².